The van der Waals surface area contributed by atoms with Crippen molar-refractivity contribution in [1.29, 1.82) is 0 Å². The largest absolute Gasteiger partial charge is 0.366 e. The third-order valence-corrected chi connectivity index (χ3v) is 5.95. The molecule has 0 aliphatic carbocycles. The Bertz CT molecular complexity index is 982. The first kappa shape index (κ1) is 21.8. The van der Waals surface area contributed by atoms with Crippen molar-refractivity contribution >= 4 is 23.5 Å². The van der Waals surface area contributed by atoms with E-state index in [0.717, 1.165) is 45.0 Å². The summed E-state index contributed by atoms with van der Waals surface area (Å²) in [5.74, 6) is 0.213. The van der Waals surface area contributed by atoms with Crippen LogP contribution in [0.3, 0.4) is 0 Å². The topological polar surface area (TPSA) is 68.2 Å². The summed E-state index contributed by atoms with van der Waals surface area (Å²) < 4.78 is 14.0. The Labute approximate surface area is 187 Å². The average molecular weight is 438 g/mol. The van der Waals surface area contributed by atoms with Crippen LogP contribution < -0.4 is 10.2 Å². The Morgan fingerprint density at radius 1 is 0.938 bits per heavy atom. The highest BCUT2D eigenvalue weighted by Crippen LogP contribution is 2.23. The van der Waals surface area contributed by atoms with Crippen LogP contribution in [-0.4, -0.2) is 73.9 Å². The Morgan fingerprint density at radius 3 is 2.19 bits per heavy atom. The molecule has 2 heterocycles. The maximum atomic E-state index is 14.0. The van der Waals surface area contributed by atoms with Gasteiger partial charge >= 0.3 is 0 Å². The second-order valence-electron chi connectivity index (χ2n) is 7.91. The molecule has 168 valence electrons. The fourth-order valence-electron chi connectivity index (χ4n) is 4.24. The molecular weight excluding hydrogens is 409 g/mol. The number of anilines is 1. The Hall–Kier alpha value is -3.42. The van der Waals surface area contributed by atoms with Gasteiger partial charge in [0.25, 0.3) is 11.8 Å². The molecule has 2 aromatic rings. The first-order valence-electron chi connectivity index (χ1n) is 11.0. The highest BCUT2D eigenvalue weighted by Gasteiger charge is 2.34. The van der Waals surface area contributed by atoms with E-state index in [9.17, 15) is 14.0 Å². The summed E-state index contributed by atoms with van der Waals surface area (Å²) in [7, 11) is 1.75. The molecule has 0 atom stereocenters. The molecule has 2 amide bonds. The van der Waals surface area contributed by atoms with E-state index < -0.39 is 0 Å². The lowest BCUT2D eigenvalue weighted by molar-refractivity contribution is 0.0652. The van der Waals surface area contributed by atoms with Crippen molar-refractivity contribution in [3.05, 3.63) is 65.5 Å². The van der Waals surface area contributed by atoms with Crippen molar-refractivity contribution in [1.82, 2.24) is 15.1 Å². The third-order valence-electron chi connectivity index (χ3n) is 5.95. The predicted octanol–water partition coefficient (Wildman–Crippen LogP) is 2.60. The van der Waals surface area contributed by atoms with Crippen LogP contribution in [0.4, 0.5) is 10.1 Å². The molecule has 0 spiro atoms. The number of hydrogen-bond acceptors (Lipinski definition) is 4. The number of halogens is 1. The highest BCUT2D eigenvalue weighted by atomic mass is 19.1. The molecule has 2 aliphatic heterocycles. The fraction of sp³-hybridized carbons (Fsp3) is 0.375. The van der Waals surface area contributed by atoms with Crippen LogP contribution in [-0.2, 0) is 0 Å². The number of carbonyl (C=O) groups is 2. The van der Waals surface area contributed by atoms with E-state index in [4.69, 9.17) is 0 Å². The molecule has 1 fully saturated rings. The number of aliphatic imine (C=N–C) groups is 1. The standard InChI is InChI=1S/C24H28FN5O2/c1-26-24(29-16-14-28(15-17-29)21-11-5-4-10-20(21)25)27-12-6-7-13-30-22(31)18-8-2-3-9-19(18)23(30)32/h2-5,8-11H,6-7,12-17H2,1H3,(H,26,27). The number of nitrogens with zero attached hydrogens (tertiary/aromatic N) is 4. The summed E-state index contributed by atoms with van der Waals surface area (Å²) in [5, 5.41) is 3.37. The average Bonchev–Trinajstić information content (AvgIpc) is 3.07. The number of para-hydroxylation sites is 1. The van der Waals surface area contributed by atoms with Crippen molar-refractivity contribution in [2.75, 3.05) is 51.2 Å². The van der Waals surface area contributed by atoms with Gasteiger partial charge < -0.3 is 15.1 Å². The quantitative estimate of drug-likeness (QED) is 0.326. The van der Waals surface area contributed by atoms with E-state index in [1.54, 1.807) is 37.4 Å². The smallest absolute Gasteiger partial charge is 0.261 e. The molecule has 1 saturated heterocycles. The van der Waals surface area contributed by atoms with Gasteiger partial charge in [-0.05, 0) is 37.1 Å². The summed E-state index contributed by atoms with van der Waals surface area (Å²) >= 11 is 0. The Morgan fingerprint density at radius 2 is 1.56 bits per heavy atom. The molecule has 4 rings (SSSR count). The van der Waals surface area contributed by atoms with E-state index in [-0.39, 0.29) is 17.6 Å². The minimum absolute atomic E-state index is 0.193. The number of piperazine rings is 1. The number of nitrogens with one attached hydrogen (secondary N) is 1. The minimum atomic E-state index is -0.206. The van der Waals surface area contributed by atoms with Crippen molar-refractivity contribution in [3.63, 3.8) is 0 Å². The van der Waals surface area contributed by atoms with E-state index in [2.05, 4.69) is 20.1 Å². The Balaban J connectivity index is 1.20. The molecular formula is C24H28FN5O2. The molecule has 2 aromatic carbocycles. The molecule has 2 aliphatic rings. The molecule has 0 radical (unpaired) electrons. The number of imide groups is 1. The van der Waals surface area contributed by atoms with Crippen LogP contribution in [0.25, 0.3) is 0 Å². The van der Waals surface area contributed by atoms with Crippen molar-refractivity contribution in [2.24, 2.45) is 4.99 Å². The lowest BCUT2D eigenvalue weighted by Gasteiger charge is -2.37. The van der Waals surface area contributed by atoms with Crippen molar-refractivity contribution in [2.45, 2.75) is 12.8 Å². The fourth-order valence-corrected chi connectivity index (χ4v) is 4.24. The van der Waals surface area contributed by atoms with E-state index in [1.165, 1.54) is 11.0 Å². The Kier molecular flexibility index (Phi) is 6.68. The van der Waals surface area contributed by atoms with Crippen LogP contribution in [0.15, 0.2) is 53.5 Å². The third kappa shape index (κ3) is 4.44. The van der Waals surface area contributed by atoms with Crippen LogP contribution in [0.5, 0.6) is 0 Å². The maximum Gasteiger partial charge on any atom is 0.261 e. The van der Waals surface area contributed by atoms with Crippen LogP contribution >= 0.6 is 0 Å². The van der Waals surface area contributed by atoms with Gasteiger partial charge in [-0.2, -0.15) is 0 Å². The molecule has 0 saturated carbocycles. The van der Waals surface area contributed by atoms with Gasteiger partial charge in [-0.15, -0.1) is 0 Å². The number of unbranched alkanes of at least 4 members (excludes halogenated alkanes) is 1. The zero-order valence-electron chi connectivity index (χ0n) is 18.3. The van der Waals surface area contributed by atoms with E-state index in [0.29, 0.717) is 29.9 Å². The van der Waals surface area contributed by atoms with E-state index >= 15 is 0 Å². The lowest BCUT2D eigenvalue weighted by Crippen LogP contribution is -2.52. The zero-order valence-corrected chi connectivity index (χ0v) is 18.3. The van der Waals surface area contributed by atoms with Crippen LogP contribution in [0.1, 0.15) is 33.6 Å². The van der Waals surface area contributed by atoms with Crippen LogP contribution in [0.2, 0.25) is 0 Å². The van der Waals surface area contributed by atoms with E-state index in [1.807, 2.05) is 12.1 Å². The number of carbonyl (C=O) groups excluding carboxylic acids is 2. The molecule has 1 N–H and O–H groups in total. The number of amides is 2. The van der Waals surface area contributed by atoms with Gasteiger partial charge in [-0.1, -0.05) is 24.3 Å². The molecule has 32 heavy (non-hydrogen) atoms. The summed E-state index contributed by atoms with van der Waals surface area (Å²) in [5.41, 5.74) is 1.62. The normalized spacial score (nSPS) is 16.6. The maximum absolute atomic E-state index is 14.0. The van der Waals surface area contributed by atoms with Gasteiger partial charge in [0.15, 0.2) is 5.96 Å². The minimum Gasteiger partial charge on any atom is -0.366 e. The van der Waals surface area contributed by atoms with Gasteiger partial charge in [0.05, 0.1) is 16.8 Å². The summed E-state index contributed by atoms with van der Waals surface area (Å²) in [6.07, 6.45) is 1.53. The first-order valence-corrected chi connectivity index (χ1v) is 11.0. The first-order chi connectivity index (χ1) is 15.6. The predicted molar refractivity (Wildman–Crippen MR) is 123 cm³/mol. The number of rotatable bonds is 6. The molecule has 7 nitrogen and oxygen atoms in total. The number of benzene rings is 2. The lowest BCUT2D eigenvalue weighted by atomic mass is 10.1. The SMILES string of the molecule is CN=C(NCCCCN1C(=O)c2ccccc2C1=O)N1CCN(c2ccccc2F)CC1. The molecule has 0 bridgehead atoms. The van der Waals surface area contributed by atoms with Crippen molar-refractivity contribution < 1.29 is 14.0 Å². The van der Waals surface area contributed by atoms with Gasteiger partial charge in [0.1, 0.15) is 5.82 Å². The highest BCUT2D eigenvalue weighted by molar-refractivity contribution is 6.21. The van der Waals surface area contributed by atoms with Crippen LogP contribution in [0, 0.1) is 5.82 Å². The molecule has 0 aromatic heterocycles. The van der Waals surface area contributed by atoms with Crippen molar-refractivity contribution in [3.8, 4) is 0 Å². The monoisotopic (exact) mass is 437 g/mol. The summed E-state index contributed by atoms with van der Waals surface area (Å²) in [6, 6.07) is 13.8. The second-order valence-corrected chi connectivity index (χ2v) is 7.91. The molecule has 0 unspecified atom stereocenters. The summed E-state index contributed by atoms with van der Waals surface area (Å²) in [4.78, 5) is 34.8. The molecule has 8 heteroatoms. The zero-order chi connectivity index (χ0) is 22.5. The second kappa shape index (κ2) is 9.80. The van der Waals surface area contributed by atoms with Gasteiger partial charge in [0.2, 0.25) is 0 Å². The summed E-state index contributed by atoms with van der Waals surface area (Å²) in [6.45, 7) is 4.06. The van der Waals surface area contributed by atoms with Gasteiger partial charge in [-0.3, -0.25) is 19.5 Å². The number of hydrogen-bond donors (Lipinski definition) is 1. The van der Waals surface area contributed by atoms with Gasteiger partial charge in [0, 0.05) is 46.3 Å². The number of guanidine groups is 1. The number of fused-ring (bicyclic) bond motifs is 1. The van der Waals surface area contributed by atoms with Gasteiger partial charge in [-0.25, -0.2) is 4.39 Å².